The molecule has 1 aliphatic rings. The van der Waals surface area contributed by atoms with E-state index in [0.717, 1.165) is 19.3 Å². The Bertz CT molecular complexity index is 165. The summed E-state index contributed by atoms with van der Waals surface area (Å²) >= 11 is 0. The quantitative estimate of drug-likeness (QED) is 0.651. The Morgan fingerprint density at radius 2 is 2.31 bits per heavy atom. The van der Waals surface area contributed by atoms with Gasteiger partial charge in [0.15, 0.2) is 0 Å². The zero-order chi connectivity index (χ0) is 9.68. The Hall–Kier alpha value is -0.340. The summed E-state index contributed by atoms with van der Waals surface area (Å²) in [4.78, 5) is 0. The summed E-state index contributed by atoms with van der Waals surface area (Å²) in [6.07, 6.45) is 8.46. The Morgan fingerprint density at radius 3 is 3.00 bits per heavy atom. The first-order valence-corrected chi connectivity index (χ1v) is 5.03. The largest absolute Gasteiger partial charge is 0.396 e. The molecule has 0 amide bonds. The van der Waals surface area contributed by atoms with Crippen LogP contribution in [0.2, 0.25) is 0 Å². The van der Waals surface area contributed by atoms with Crippen molar-refractivity contribution in [2.45, 2.75) is 32.3 Å². The average molecular weight is 183 g/mol. The molecule has 1 rings (SSSR count). The second-order valence-corrected chi connectivity index (χ2v) is 3.86. The minimum Gasteiger partial charge on any atom is -0.396 e. The fraction of sp³-hybridized carbons (Fsp3) is 0.727. The molecule has 0 aliphatic heterocycles. The lowest BCUT2D eigenvalue weighted by Crippen LogP contribution is -2.25. The molecule has 0 spiro atoms. The van der Waals surface area contributed by atoms with Gasteiger partial charge in [0.05, 0.1) is 6.10 Å². The number of aliphatic hydroxyl groups excluding tert-OH is 2. The highest BCUT2D eigenvalue weighted by Gasteiger charge is 2.24. The lowest BCUT2D eigenvalue weighted by atomic mass is 9.79. The van der Waals surface area contributed by atoms with Gasteiger partial charge in [0, 0.05) is 6.61 Å². The molecule has 0 aromatic carbocycles. The lowest BCUT2D eigenvalue weighted by Gasteiger charge is -2.29. The molecule has 0 bridgehead atoms. The standard InChI is InChI=1S/C11H19O2/c1-9-5-6-11(13)8-10(9)4-2-3-7-12/h2,4,6,9-13H,3,5,7-8H2,1H3. The fourth-order valence-electron chi connectivity index (χ4n) is 1.77. The summed E-state index contributed by atoms with van der Waals surface area (Å²) in [5.74, 6) is 1.10. The molecule has 75 valence electrons. The summed E-state index contributed by atoms with van der Waals surface area (Å²) in [5, 5.41) is 18.0. The van der Waals surface area contributed by atoms with Crippen molar-refractivity contribution in [3.8, 4) is 0 Å². The Kier molecular flexibility index (Phi) is 4.46. The van der Waals surface area contributed by atoms with E-state index in [-0.39, 0.29) is 12.7 Å². The molecule has 2 N–H and O–H groups in total. The van der Waals surface area contributed by atoms with Crippen LogP contribution in [0.4, 0.5) is 0 Å². The topological polar surface area (TPSA) is 40.5 Å². The van der Waals surface area contributed by atoms with Gasteiger partial charge >= 0.3 is 0 Å². The zero-order valence-electron chi connectivity index (χ0n) is 8.19. The van der Waals surface area contributed by atoms with Crippen molar-refractivity contribution >= 4 is 0 Å². The maximum atomic E-state index is 9.42. The third-order valence-electron chi connectivity index (χ3n) is 2.70. The first kappa shape index (κ1) is 10.7. The summed E-state index contributed by atoms with van der Waals surface area (Å²) in [6, 6.07) is 0. The number of hydrogen-bond donors (Lipinski definition) is 2. The highest BCUT2D eigenvalue weighted by molar-refractivity contribution is 4.98. The van der Waals surface area contributed by atoms with E-state index in [1.54, 1.807) is 0 Å². The third-order valence-corrected chi connectivity index (χ3v) is 2.70. The summed E-state index contributed by atoms with van der Waals surface area (Å²) in [5.41, 5.74) is 0. The van der Waals surface area contributed by atoms with Gasteiger partial charge in [-0.1, -0.05) is 19.1 Å². The van der Waals surface area contributed by atoms with Crippen LogP contribution >= 0.6 is 0 Å². The molecule has 3 unspecified atom stereocenters. The lowest BCUT2D eigenvalue weighted by molar-refractivity contribution is 0.134. The maximum Gasteiger partial charge on any atom is 0.0577 e. The SMILES string of the molecule is CC1C[CH]C(O)CC1C=CCCO. The first-order chi connectivity index (χ1) is 6.24. The van der Waals surface area contributed by atoms with E-state index < -0.39 is 0 Å². The van der Waals surface area contributed by atoms with Crippen LogP contribution in [0, 0.1) is 18.3 Å². The predicted molar refractivity (Wildman–Crippen MR) is 53.0 cm³/mol. The van der Waals surface area contributed by atoms with Crippen molar-refractivity contribution in [2.75, 3.05) is 6.61 Å². The van der Waals surface area contributed by atoms with Crippen molar-refractivity contribution < 1.29 is 10.2 Å². The number of aliphatic hydroxyl groups is 2. The number of hydrogen-bond acceptors (Lipinski definition) is 2. The zero-order valence-corrected chi connectivity index (χ0v) is 8.19. The molecular formula is C11H19O2. The van der Waals surface area contributed by atoms with Gasteiger partial charge < -0.3 is 10.2 Å². The molecule has 0 aromatic heterocycles. The number of allylic oxidation sites excluding steroid dienone is 1. The highest BCUT2D eigenvalue weighted by atomic mass is 16.3. The van der Waals surface area contributed by atoms with Crippen LogP contribution in [0.15, 0.2) is 12.2 Å². The monoisotopic (exact) mass is 183 g/mol. The smallest absolute Gasteiger partial charge is 0.0577 e. The second kappa shape index (κ2) is 5.40. The van der Waals surface area contributed by atoms with Crippen LogP contribution < -0.4 is 0 Å². The van der Waals surface area contributed by atoms with Gasteiger partial charge in [-0.05, 0) is 37.5 Å². The molecule has 0 aromatic rings. The van der Waals surface area contributed by atoms with Gasteiger partial charge in [-0.2, -0.15) is 0 Å². The molecule has 0 heterocycles. The molecular weight excluding hydrogens is 164 g/mol. The van der Waals surface area contributed by atoms with E-state index in [1.807, 2.05) is 12.5 Å². The van der Waals surface area contributed by atoms with E-state index in [0.29, 0.717) is 11.8 Å². The van der Waals surface area contributed by atoms with Crippen LogP contribution in [-0.2, 0) is 0 Å². The molecule has 1 saturated carbocycles. The molecule has 1 fully saturated rings. The average Bonchev–Trinajstić information content (AvgIpc) is 2.11. The van der Waals surface area contributed by atoms with Crippen molar-refractivity contribution in [1.82, 2.24) is 0 Å². The van der Waals surface area contributed by atoms with E-state index in [9.17, 15) is 5.11 Å². The second-order valence-electron chi connectivity index (χ2n) is 3.86. The van der Waals surface area contributed by atoms with Gasteiger partial charge in [0.2, 0.25) is 0 Å². The number of rotatable bonds is 3. The Morgan fingerprint density at radius 1 is 1.54 bits per heavy atom. The van der Waals surface area contributed by atoms with Gasteiger partial charge in [-0.3, -0.25) is 0 Å². The van der Waals surface area contributed by atoms with E-state index in [2.05, 4.69) is 13.0 Å². The van der Waals surface area contributed by atoms with Crippen LogP contribution in [0.5, 0.6) is 0 Å². The normalized spacial score (nSPS) is 35.5. The maximum absolute atomic E-state index is 9.42. The van der Waals surface area contributed by atoms with Crippen LogP contribution in [0.1, 0.15) is 26.2 Å². The van der Waals surface area contributed by atoms with Gasteiger partial charge in [0.1, 0.15) is 0 Å². The Labute approximate surface area is 80.3 Å². The Balaban J connectivity index is 2.37. The van der Waals surface area contributed by atoms with Crippen molar-refractivity contribution in [1.29, 1.82) is 0 Å². The van der Waals surface area contributed by atoms with E-state index >= 15 is 0 Å². The summed E-state index contributed by atoms with van der Waals surface area (Å²) < 4.78 is 0. The molecule has 1 radical (unpaired) electrons. The molecule has 2 nitrogen and oxygen atoms in total. The van der Waals surface area contributed by atoms with Crippen LogP contribution in [-0.4, -0.2) is 22.9 Å². The fourth-order valence-corrected chi connectivity index (χ4v) is 1.77. The van der Waals surface area contributed by atoms with Crippen molar-refractivity contribution in [2.24, 2.45) is 11.8 Å². The molecule has 2 heteroatoms. The third kappa shape index (κ3) is 3.49. The van der Waals surface area contributed by atoms with Crippen LogP contribution in [0.25, 0.3) is 0 Å². The molecule has 13 heavy (non-hydrogen) atoms. The molecule has 1 aliphatic carbocycles. The first-order valence-electron chi connectivity index (χ1n) is 5.03. The summed E-state index contributed by atoms with van der Waals surface area (Å²) in [7, 11) is 0. The van der Waals surface area contributed by atoms with E-state index in [1.165, 1.54) is 0 Å². The van der Waals surface area contributed by atoms with Crippen LogP contribution in [0.3, 0.4) is 0 Å². The minimum atomic E-state index is -0.236. The van der Waals surface area contributed by atoms with Gasteiger partial charge in [-0.15, -0.1) is 0 Å². The van der Waals surface area contributed by atoms with Crippen molar-refractivity contribution in [3.63, 3.8) is 0 Å². The summed E-state index contributed by atoms with van der Waals surface area (Å²) in [6.45, 7) is 2.42. The van der Waals surface area contributed by atoms with Gasteiger partial charge in [-0.25, -0.2) is 0 Å². The highest BCUT2D eigenvalue weighted by Crippen LogP contribution is 2.30. The molecule has 0 saturated heterocycles. The van der Waals surface area contributed by atoms with Crippen molar-refractivity contribution in [3.05, 3.63) is 18.6 Å². The minimum absolute atomic E-state index is 0.215. The van der Waals surface area contributed by atoms with Gasteiger partial charge in [0.25, 0.3) is 0 Å². The van der Waals surface area contributed by atoms with E-state index in [4.69, 9.17) is 5.11 Å². The molecule has 3 atom stereocenters. The predicted octanol–water partition coefficient (Wildman–Crippen LogP) is 1.54.